The van der Waals surface area contributed by atoms with Crippen LogP contribution in [0.1, 0.15) is 16.8 Å². The number of benzene rings is 1. The zero-order valence-corrected chi connectivity index (χ0v) is 9.96. The van der Waals surface area contributed by atoms with Crippen LogP contribution >= 0.6 is 11.6 Å². The summed E-state index contributed by atoms with van der Waals surface area (Å²) in [5.74, 6) is -0.129. The SMILES string of the molecule is O=C1c2ccccc2S(=O)(=O)N1CCCCl. The summed E-state index contributed by atoms with van der Waals surface area (Å²) in [5.41, 5.74) is 0.247. The predicted octanol–water partition coefficient (Wildman–Crippen LogP) is 1.46. The highest BCUT2D eigenvalue weighted by molar-refractivity contribution is 7.90. The van der Waals surface area contributed by atoms with Gasteiger partial charge in [0.05, 0.1) is 5.56 Å². The van der Waals surface area contributed by atoms with Gasteiger partial charge in [-0.15, -0.1) is 11.6 Å². The molecule has 6 heteroatoms. The van der Waals surface area contributed by atoms with Crippen molar-refractivity contribution < 1.29 is 13.2 Å². The van der Waals surface area contributed by atoms with Crippen molar-refractivity contribution in [1.82, 2.24) is 4.31 Å². The van der Waals surface area contributed by atoms with Crippen molar-refractivity contribution in [2.75, 3.05) is 12.4 Å². The predicted molar refractivity (Wildman–Crippen MR) is 60.0 cm³/mol. The smallest absolute Gasteiger partial charge is 0.268 e. The van der Waals surface area contributed by atoms with Gasteiger partial charge in [0.2, 0.25) is 0 Å². The van der Waals surface area contributed by atoms with E-state index in [-0.39, 0.29) is 17.0 Å². The topological polar surface area (TPSA) is 54.5 Å². The third kappa shape index (κ3) is 1.60. The molecule has 0 radical (unpaired) electrons. The van der Waals surface area contributed by atoms with Gasteiger partial charge in [-0.1, -0.05) is 12.1 Å². The minimum Gasteiger partial charge on any atom is -0.268 e. The summed E-state index contributed by atoms with van der Waals surface area (Å²) in [6.07, 6.45) is 0.459. The lowest BCUT2D eigenvalue weighted by molar-refractivity contribution is 0.0871. The molecule has 2 rings (SSSR count). The number of hydrogen-bond donors (Lipinski definition) is 0. The molecule has 0 N–H and O–H groups in total. The fourth-order valence-corrected chi connectivity index (χ4v) is 3.38. The summed E-state index contributed by atoms with van der Waals surface area (Å²) in [4.78, 5) is 11.9. The van der Waals surface area contributed by atoms with Crippen LogP contribution in [0.25, 0.3) is 0 Å². The molecule has 1 aromatic carbocycles. The molecule has 1 aromatic rings. The highest BCUT2D eigenvalue weighted by Crippen LogP contribution is 2.29. The summed E-state index contributed by atoms with van der Waals surface area (Å²) < 4.78 is 24.8. The molecule has 0 saturated heterocycles. The van der Waals surface area contributed by atoms with Crippen LogP contribution < -0.4 is 0 Å². The van der Waals surface area contributed by atoms with Crippen LogP contribution in [0.5, 0.6) is 0 Å². The molecule has 86 valence electrons. The van der Waals surface area contributed by atoms with Crippen molar-refractivity contribution in [3.05, 3.63) is 29.8 Å². The summed E-state index contributed by atoms with van der Waals surface area (Å²) in [5, 5.41) is 0. The van der Waals surface area contributed by atoms with E-state index in [4.69, 9.17) is 11.6 Å². The van der Waals surface area contributed by atoms with Crippen molar-refractivity contribution in [2.24, 2.45) is 0 Å². The van der Waals surface area contributed by atoms with Gasteiger partial charge in [0.25, 0.3) is 15.9 Å². The van der Waals surface area contributed by atoms with Crippen molar-refractivity contribution in [2.45, 2.75) is 11.3 Å². The Kier molecular flexibility index (Phi) is 2.90. The number of nitrogens with zero attached hydrogens (tertiary/aromatic N) is 1. The molecule has 0 fully saturated rings. The number of carbonyl (C=O) groups is 1. The van der Waals surface area contributed by atoms with E-state index in [2.05, 4.69) is 0 Å². The number of carbonyl (C=O) groups excluding carboxylic acids is 1. The molecule has 0 spiro atoms. The third-order valence-electron chi connectivity index (χ3n) is 2.41. The van der Waals surface area contributed by atoms with Gasteiger partial charge < -0.3 is 0 Å². The fraction of sp³-hybridized carbons (Fsp3) is 0.300. The van der Waals surface area contributed by atoms with E-state index in [1.54, 1.807) is 12.1 Å². The van der Waals surface area contributed by atoms with Crippen LogP contribution in [-0.2, 0) is 10.0 Å². The van der Waals surface area contributed by atoms with Gasteiger partial charge in [-0.3, -0.25) is 4.79 Å². The van der Waals surface area contributed by atoms with E-state index in [0.717, 1.165) is 4.31 Å². The Morgan fingerprint density at radius 2 is 1.94 bits per heavy atom. The Labute approximate surface area is 98.9 Å². The van der Waals surface area contributed by atoms with Gasteiger partial charge in [0.15, 0.2) is 0 Å². The molecule has 1 aliphatic rings. The maximum absolute atomic E-state index is 12.0. The number of rotatable bonds is 3. The number of hydrogen-bond acceptors (Lipinski definition) is 3. The van der Waals surface area contributed by atoms with E-state index < -0.39 is 15.9 Å². The minimum absolute atomic E-state index is 0.0922. The van der Waals surface area contributed by atoms with E-state index in [1.165, 1.54) is 12.1 Å². The monoisotopic (exact) mass is 259 g/mol. The van der Waals surface area contributed by atoms with E-state index >= 15 is 0 Å². The van der Waals surface area contributed by atoms with Crippen molar-refractivity contribution in [1.29, 1.82) is 0 Å². The molecule has 0 unspecified atom stereocenters. The molecule has 0 atom stereocenters. The fourth-order valence-electron chi connectivity index (χ4n) is 1.66. The van der Waals surface area contributed by atoms with Crippen LogP contribution in [0.3, 0.4) is 0 Å². The normalized spacial score (nSPS) is 17.6. The van der Waals surface area contributed by atoms with Gasteiger partial charge in [0, 0.05) is 12.4 Å². The second-order valence-electron chi connectivity index (χ2n) is 3.42. The lowest BCUT2D eigenvalue weighted by Crippen LogP contribution is -2.31. The number of amides is 1. The van der Waals surface area contributed by atoms with E-state index in [1.807, 2.05) is 0 Å². The summed E-state index contributed by atoms with van der Waals surface area (Å²) >= 11 is 5.50. The molecule has 0 aliphatic carbocycles. The van der Waals surface area contributed by atoms with Crippen LogP contribution in [0.2, 0.25) is 0 Å². The van der Waals surface area contributed by atoms with Gasteiger partial charge in [-0.25, -0.2) is 12.7 Å². The average molecular weight is 260 g/mol. The Bertz CT molecular complexity index is 527. The van der Waals surface area contributed by atoms with Crippen LogP contribution in [0.15, 0.2) is 29.2 Å². The molecule has 16 heavy (non-hydrogen) atoms. The summed E-state index contributed by atoms with van der Waals surface area (Å²) in [7, 11) is -3.64. The highest BCUT2D eigenvalue weighted by Gasteiger charge is 2.40. The molecule has 0 aromatic heterocycles. The van der Waals surface area contributed by atoms with Gasteiger partial charge in [0.1, 0.15) is 4.90 Å². The molecule has 1 heterocycles. The first kappa shape index (κ1) is 11.4. The second kappa shape index (κ2) is 4.07. The first-order chi connectivity index (χ1) is 7.59. The molecule has 1 amide bonds. The Morgan fingerprint density at radius 3 is 2.56 bits per heavy atom. The molecular formula is C10H10ClNO3S. The Morgan fingerprint density at radius 1 is 1.25 bits per heavy atom. The molecular weight excluding hydrogens is 250 g/mol. The van der Waals surface area contributed by atoms with E-state index in [0.29, 0.717) is 12.3 Å². The molecule has 4 nitrogen and oxygen atoms in total. The lowest BCUT2D eigenvalue weighted by atomic mass is 10.2. The first-order valence-electron chi connectivity index (χ1n) is 4.81. The summed E-state index contributed by atoms with van der Waals surface area (Å²) in [6, 6.07) is 6.23. The van der Waals surface area contributed by atoms with Crippen molar-refractivity contribution in [3.8, 4) is 0 Å². The largest absolute Gasteiger partial charge is 0.269 e. The van der Waals surface area contributed by atoms with Gasteiger partial charge in [-0.05, 0) is 18.6 Å². The number of fused-ring (bicyclic) bond motifs is 1. The quantitative estimate of drug-likeness (QED) is 0.773. The Hall–Kier alpha value is -1.07. The van der Waals surface area contributed by atoms with Crippen LogP contribution in [-0.4, -0.2) is 31.1 Å². The van der Waals surface area contributed by atoms with Gasteiger partial charge in [-0.2, -0.15) is 0 Å². The third-order valence-corrected chi connectivity index (χ3v) is 4.51. The van der Waals surface area contributed by atoms with Gasteiger partial charge >= 0.3 is 0 Å². The maximum atomic E-state index is 12.0. The van der Waals surface area contributed by atoms with Crippen molar-refractivity contribution in [3.63, 3.8) is 0 Å². The Balaban J connectivity index is 2.46. The molecule has 0 saturated carbocycles. The lowest BCUT2D eigenvalue weighted by Gasteiger charge is -2.13. The van der Waals surface area contributed by atoms with Crippen LogP contribution in [0.4, 0.5) is 0 Å². The molecule has 1 aliphatic heterocycles. The zero-order chi connectivity index (χ0) is 11.8. The van der Waals surface area contributed by atoms with Crippen molar-refractivity contribution >= 4 is 27.5 Å². The standard InChI is InChI=1S/C10H10ClNO3S/c11-6-3-7-12-10(13)8-4-1-2-5-9(8)16(12,14)15/h1-2,4-5H,3,6-7H2. The zero-order valence-electron chi connectivity index (χ0n) is 8.39. The molecule has 0 bridgehead atoms. The average Bonchev–Trinajstić information content (AvgIpc) is 2.46. The first-order valence-corrected chi connectivity index (χ1v) is 6.78. The number of alkyl halides is 1. The second-order valence-corrected chi connectivity index (χ2v) is 5.63. The maximum Gasteiger partial charge on any atom is 0.269 e. The number of sulfonamides is 1. The van der Waals surface area contributed by atoms with E-state index in [9.17, 15) is 13.2 Å². The van der Waals surface area contributed by atoms with Crippen LogP contribution in [0, 0.1) is 0 Å². The highest BCUT2D eigenvalue weighted by atomic mass is 35.5. The summed E-state index contributed by atoms with van der Waals surface area (Å²) in [6.45, 7) is 0.138. The number of halogens is 1. The minimum atomic E-state index is -3.64.